The molecule has 0 aromatic heterocycles. The quantitative estimate of drug-likeness (QED) is 0.574. The third-order valence-corrected chi connectivity index (χ3v) is 2.82. The average Bonchev–Trinajstić information content (AvgIpc) is 2.27. The molecule has 0 N–H and O–H groups in total. The van der Waals surface area contributed by atoms with Crippen molar-refractivity contribution in [3.05, 3.63) is 0 Å². The Morgan fingerprint density at radius 1 is 1.15 bits per heavy atom. The first kappa shape index (κ1) is 9.44. The van der Waals surface area contributed by atoms with Crippen LogP contribution < -0.4 is 0 Å². The van der Waals surface area contributed by atoms with Crippen LogP contribution >= 0.6 is 0 Å². The molecule has 2 aliphatic heterocycles. The zero-order chi connectivity index (χ0) is 9.31. The maximum atomic E-state index is 5.66. The first-order chi connectivity index (χ1) is 6.17. The molecule has 0 aromatic carbocycles. The number of hydrogen-bond donors (Lipinski definition) is 0. The molecule has 0 spiro atoms. The predicted octanol–water partition coefficient (Wildman–Crippen LogP) is 1.56. The first-order valence-electron chi connectivity index (χ1n) is 5.07. The van der Waals surface area contributed by atoms with Crippen molar-refractivity contribution < 1.29 is 14.2 Å². The summed E-state index contributed by atoms with van der Waals surface area (Å²) < 4.78 is 16.9. The highest BCUT2D eigenvalue weighted by atomic mass is 16.7. The minimum absolute atomic E-state index is 0.260. The van der Waals surface area contributed by atoms with Gasteiger partial charge in [0.05, 0.1) is 19.3 Å². The second kappa shape index (κ2) is 3.56. The summed E-state index contributed by atoms with van der Waals surface area (Å²) in [4.78, 5) is 0. The monoisotopic (exact) mass is 186 g/mol. The largest absolute Gasteiger partial charge is 0.375 e. The van der Waals surface area contributed by atoms with Gasteiger partial charge in [-0.15, -0.1) is 0 Å². The second-order valence-electron chi connectivity index (χ2n) is 4.33. The van der Waals surface area contributed by atoms with Gasteiger partial charge in [-0.25, -0.2) is 0 Å². The Bertz CT molecular complexity index is 161. The lowest BCUT2D eigenvalue weighted by Gasteiger charge is -2.28. The average molecular weight is 186 g/mol. The van der Waals surface area contributed by atoms with Crippen molar-refractivity contribution in [3.8, 4) is 0 Å². The summed E-state index contributed by atoms with van der Waals surface area (Å²) in [5.74, 6) is 0.108. The molecular formula is C10H18O3. The van der Waals surface area contributed by atoms with Crippen LogP contribution in [0.25, 0.3) is 0 Å². The van der Waals surface area contributed by atoms with Gasteiger partial charge >= 0.3 is 0 Å². The van der Waals surface area contributed by atoms with Crippen LogP contribution in [0.2, 0.25) is 0 Å². The maximum Gasteiger partial charge on any atom is 0.162 e. The zero-order valence-electron chi connectivity index (χ0n) is 8.41. The summed E-state index contributed by atoms with van der Waals surface area (Å²) in [5.41, 5.74) is 0. The summed E-state index contributed by atoms with van der Waals surface area (Å²) in [5, 5.41) is 0. The third kappa shape index (κ3) is 2.22. The van der Waals surface area contributed by atoms with Crippen molar-refractivity contribution >= 4 is 0 Å². The van der Waals surface area contributed by atoms with Crippen LogP contribution in [-0.4, -0.2) is 31.7 Å². The summed E-state index contributed by atoms with van der Waals surface area (Å²) in [6.07, 6.45) is 2.63. The zero-order valence-corrected chi connectivity index (χ0v) is 8.41. The van der Waals surface area contributed by atoms with Gasteiger partial charge in [0.15, 0.2) is 5.79 Å². The van der Waals surface area contributed by atoms with E-state index in [1.165, 1.54) is 6.42 Å². The second-order valence-corrected chi connectivity index (χ2v) is 4.33. The van der Waals surface area contributed by atoms with Gasteiger partial charge in [0.1, 0.15) is 0 Å². The molecule has 2 fully saturated rings. The Hall–Kier alpha value is -0.120. The van der Waals surface area contributed by atoms with Crippen molar-refractivity contribution in [2.75, 3.05) is 19.8 Å². The van der Waals surface area contributed by atoms with Crippen molar-refractivity contribution in [2.45, 2.75) is 38.6 Å². The highest BCUT2D eigenvalue weighted by molar-refractivity contribution is 4.78. The normalized spacial score (nSPS) is 39.2. The first-order valence-corrected chi connectivity index (χ1v) is 5.07. The Labute approximate surface area is 79.4 Å². The molecule has 2 heterocycles. The molecule has 3 nitrogen and oxygen atoms in total. The van der Waals surface area contributed by atoms with Crippen molar-refractivity contribution in [3.63, 3.8) is 0 Å². The molecule has 0 radical (unpaired) electrons. The Morgan fingerprint density at radius 3 is 2.77 bits per heavy atom. The maximum absolute atomic E-state index is 5.66. The van der Waals surface area contributed by atoms with E-state index < -0.39 is 5.79 Å². The van der Waals surface area contributed by atoms with Gasteiger partial charge in [-0.2, -0.15) is 0 Å². The van der Waals surface area contributed by atoms with Crippen LogP contribution in [0.5, 0.6) is 0 Å². The molecule has 0 aromatic rings. The number of hydrogen-bond acceptors (Lipinski definition) is 3. The van der Waals surface area contributed by atoms with E-state index in [0.717, 1.165) is 19.6 Å². The van der Waals surface area contributed by atoms with Crippen LogP contribution in [0.15, 0.2) is 0 Å². The lowest BCUT2D eigenvalue weighted by Crippen LogP contribution is -2.33. The van der Waals surface area contributed by atoms with E-state index in [2.05, 4.69) is 0 Å². The van der Waals surface area contributed by atoms with E-state index in [0.29, 0.717) is 12.5 Å². The van der Waals surface area contributed by atoms with Crippen LogP contribution in [-0.2, 0) is 14.2 Å². The summed E-state index contributed by atoms with van der Waals surface area (Å²) in [6.45, 7) is 6.26. The van der Waals surface area contributed by atoms with Crippen molar-refractivity contribution in [1.82, 2.24) is 0 Å². The van der Waals surface area contributed by atoms with Gasteiger partial charge in [-0.1, -0.05) is 0 Å². The summed E-state index contributed by atoms with van der Waals surface area (Å²) in [6, 6.07) is 0. The number of rotatable bonds is 0. The Kier molecular flexibility index (Phi) is 2.58. The molecule has 2 rings (SSSR count). The summed E-state index contributed by atoms with van der Waals surface area (Å²) >= 11 is 0. The van der Waals surface area contributed by atoms with Crippen molar-refractivity contribution in [2.24, 2.45) is 5.92 Å². The Balaban J connectivity index is 1.99. The molecule has 2 atom stereocenters. The molecule has 0 unspecified atom stereocenters. The van der Waals surface area contributed by atoms with E-state index in [1.807, 2.05) is 13.8 Å². The van der Waals surface area contributed by atoms with E-state index in [-0.39, 0.29) is 6.10 Å². The Morgan fingerprint density at radius 2 is 1.92 bits per heavy atom. The van der Waals surface area contributed by atoms with E-state index in [1.54, 1.807) is 0 Å². The molecule has 13 heavy (non-hydrogen) atoms. The SMILES string of the molecule is CC1(C)OC[C@H]2CCCO[C@@H]2CO1. The smallest absolute Gasteiger partial charge is 0.162 e. The molecular weight excluding hydrogens is 168 g/mol. The van der Waals surface area contributed by atoms with Gasteiger partial charge in [0.25, 0.3) is 0 Å². The van der Waals surface area contributed by atoms with Crippen LogP contribution in [0.4, 0.5) is 0 Å². The highest BCUT2D eigenvalue weighted by Gasteiger charge is 2.34. The number of fused-ring (bicyclic) bond motifs is 1. The predicted molar refractivity (Wildman–Crippen MR) is 48.4 cm³/mol. The fraction of sp³-hybridized carbons (Fsp3) is 1.00. The standard InChI is InChI=1S/C10H18O3/c1-10(2)12-6-8-4-3-5-11-9(8)7-13-10/h8-9H,3-7H2,1-2H3/t8-,9-/m1/s1. The summed E-state index contributed by atoms with van der Waals surface area (Å²) in [7, 11) is 0. The molecule has 0 aliphatic carbocycles. The molecule has 76 valence electrons. The lowest BCUT2D eigenvalue weighted by molar-refractivity contribution is -0.204. The van der Waals surface area contributed by atoms with Crippen LogP contribution in [0, 0.1) is 5.92 Å². The fourth-order valence-corrected chi connectivity index (χ4v) is 1.91. The van der Waals surface area contributed by atoms with Gasteiger partial charge < -0.3 is 14.2 Å². The molecule has 0 saturated carbocycles. The number of ether oxygens (including phenoxy) is 3. The van der Waals surface area contributed by atoms with Gasteiger partial charge in [0, 0.05) is 12.5 Å². The van der Waals surface area contributed by atoms with Gasteiger partial charge in [-0.05, 0) is 26.7 Å². The van der Waals surface area contributed by atoms with Crippen LogP contribution in [0.1, 0.15) is 26.7 Å². The minimum atomic E-state index is -0.430. The third-order valence-electron chi connectivity index (χ3n) is 2.82. The molecule has 0 amide bonds. The van der Waals surface area contributed by atoms with E-state index in [9.17, 15) is 0 Å². The van der Waals surface area contributed by atoms with Crippen molar-refractivity contribution in [1.29, 1.82) is 0 Å². The minimum Gasteiger partial charge on any atom is -0.375 e. The van der Waals surface area contributed by atoms with Gasteiger partial charge in [0.2, 0.25) is 0 Å². The van der Waals surface area contributed by atoms with E-state index in [4.69, 9.17) is 14.2 Å². The van der Waals surface area contributed by atoms with Crippen LogP contribution in [0.3, 0.4) is 0 Å². The van der Waals surface area contributed by atoms with Gasteiger partial charge in [-0.3, -0.25) is 0 Å². The highest BCUT2D eigenvalue weighted by Crippen LogP contribution is 2.28. The lowest BCUT2D eigenvalue weighted by atomic mass is 9.96. The molecule has 3 heteroatoms. The van der Waals surface area contributed by atoms with E-state index >= 15 is 0 Å². The molecule has 2 saturated heterocycles. The topological polar surface area (TPSA) is 27.7 Å². The molecule has 2 aliphatic rings. The fourth-order valence-electron chi connectivity index (χ4n) is 1.91. The molecule has 0 bridgehead atoms.